The van der Waals surface area contributed by atoms with Gasteiger partial charge < -0.3 is 15.2 Å². The maximum atomic E-state index is 13.0. The zero-order valence-corrected chi connectivity index (χ0v) is 17.9. The number of amides is 2. The number of fused-ring (bicyclic) bond motifs is 1. The first-order valence-corrected chi connectivity index (χ1v) is 11.3. The van der Waals surface area contributed by atoms with Crippen LogP contribution in [0.15, 0.2) is 45.9 Å². The molecule has 3 rings (SSSR count). The molecule has 0 saturated carbocycles. The molecule has 166 valence electrons. The number of nitrogens with one attached hydrogen (secondary N) is 3. The molecule has 2 amide bonds. The predicted octanol–water partition coefficient (Wildman–Crippen LogP) is -0.0536. The van der Waals surface area contributed by atoms with Crippen LogP contribution in [0.5, 0.6) is 0 Å². The molecule has 1 aromatic carbocycles. The summed E-state index contributed by atoms with van der Waals surface area (Å²) in [6.45, 7) is 3.54. The highest BCUT2D eigenvalue weighted by Gasteiger charge is 2.34. The second kappa shape index (κ2) is 9.40. The summed E-state index contributed by atoms with van der Waals surface area (Å²) in [7, 11) is -3.97. The zero-order chi connectivity index (χ0) is 22.6. The maximum absolute atomic E-state index is 13.0. The third-order valence-electron chi connectivity index (χ3n) is 4.93. The Labute approximate surface area is 179 Å². The maximum Gasteiger partial charge on any atom is 0.289 e. The molecule has 10 nitrogen and oxygen atoms in total. The van der Waals surface area contributed by atoms with Crippen molar-refractivity contribution >= 4 is 27.6 Å². The topological polar surface area (TPSA) is 147 Å². The Balaban J connectivity index is 1.82. The lowest BCUT2D eigenvalue weighted by Crippen LogP contribution is -2.55. The van der Waals surface area contributed by atoms with E-state index < -0.39 is 45.6 Å². The molecule has 0 aliphatic carbocycles. The van der Waals surface area contributed by atoms with Crippen LogP contribution < -0.4 is 15.4 Å². The molecular formula is C20H24N4O6S. The number of carbonyl (C=O) groups is 3. The number of aromatic nitrogens is 1. The lowest BCUT2D eigenvalue weighted by molar-refractivity contribution is -0.140. The first-order chi connectivity index (χ1) is 14.7. The van der Waals surface area contributed by atoms with E-state index >= 15 is 0 Å². The van der Waals surface area contributed by atoms with E-state index in [2.05, 4.69) is 20.5 Å². The monoisotopic (exact) mass is 448 g/mol. The fraction of sp³-hybridized carbons (Fsp3) is 0.400. The van der Waals surface area contributed by atoms with Gasteiger partial charge in [0.25, 0.3) is 5.91 Å². The highest BCUT2D eigenvalue weighted by Crippen LogP contribution is 2.15. The summed E-state index contributed by atoms with van der Waals surface area (Å²) in [6, 6.07) is 5.31. The normalized spacial score (nSPS) is 18.4. The molecule has 1 aliphatic rings. The van der Waals surface area contributed by atoms with Gasteiger partial charge in [-0.25, -0.2) is 8.42 Å². The van der Waals surface area contributed by atoms with Crippen molar-refractivity contribution in [1.29, 1.82) is 0 Å². The molecule has 0 bridgehead atoms. The molecule has 31 heavy (non-hydrogen) atoms. The third kappa shape index (κ3) is 5.36. The van der Waals surface area contributed by atoms with Gasteiger partial charge in [0.1, 0.15) is 17.8 Å². The largest absolute Gasteiger partial charge is 0.361 e. The van der Waals surface area contributed by atoms with E-state index in [0.717, 1.165) is 0 Å². The first-order valence-electron chi connectivity index (χ1n) is 9.81. The quantitative estimate of drug-likeness (QED) is 0.525. The second-order valence-corrected chi connectivity index (χ2v) is 9.28. The Morgan fingerprint density at radius 3 is 2.61 bits per heavy atom. The molecule has 2 atom stereocenters. The lowest BCUT2D eigenvalue weighted by Gasteiger charge is -2.24. The van der Waals surface area contributed by atoms with Crippen molar-refractivity contribution < 1.29 is 27.3 Å². The molecule has 3 N–H and O–H groups in total. The van der Waals surface area contributed by atoms with Gasteiger partial charge in [-0.1, -0.05) is 37.2 Å². The summed E-state index contributed by atoms with van der Waals surface area (Å²) < 4.78 is 32.9. The van der Waals surface area contributed by atoms with E-state index in [4.69, 9.17) is 4.52 Å². The Hall–Kier alpha value is -3.05. The van der Waals surface area contributed by atoms with E-state index in [1.165, 1.54) is 18.3 Å². The molecule has 2 aromatic rings. The van der Waals surface area contributed by atoms with Gasteiger partial charge in [-0.3, -0.25) is 14.4 Å². The molecule has 0 radical (unpaired) electrons. The minimum absolute atomic E-state index is 0.00702. The van der Waals surface area contributed by atoms with Gasteiger partial charge >= 0.3 is 0 Å². The summed E-state index contributed by atoms with van der Waals surface area (Å²) in [4.78, 5) is 37.7. The Bertz CT molecular complexity index is 1060. The van der Waals surface area contributed by atoms with Crippen LogP contribution in [0.4, 0.5) is 0 Å². The van der Waals surface area contributed by atoms with E-state index in [1.54, 1.807) is 32.0 Å². The smallest absolute Gasteiger partial charge is 0.289 e. The number of carbonyl (C=O) groups excluding carboxylic acids is 3. The van der Waals surface area contributed by atoms with E-state index in [-0.39, 0.29) is 17.9 Å². The van der Waals surface area contributed by atoms with Gasteiger partial charge in [-0.15, -0.1) is 0 Å². The summed E-state index contributed by atoms with van der Waals surface area (Å²) in [5.74, 6) is -2.27. The summed E-state index contributed by atoms with van der Waals surface area (Å²) in [5, 5.41) is 8.73. The van der Waals surface area contributed by atoms with Crippen LogP contribution >= 0.6 is 0 Å². The Morgan fingerprint density at radius 2 is 1.94 bits per heavy atom. The number of rotatable bonds is 6. The van der Waals surface area contributed by atoms with E-state index in [1.807, 2.05) is 0 Å². The summed E-state index contributed by atoms with van der Waals surface area (Å²) in [6.07, 6.45) is 1.81. The Kier molecular flexibility index (Phi) is 6.86. The van der Waals surface area contributed by atoms with Gasteiger partial charge in [0, 0.05) is 24.9 Å². The van der Waals surface area contributed by atoms with Gasteiger partial charge in [0.2, 0.25) is 21.7 Å². The number of benzene rings is 1. The number of ketones is 1. The average Bonchev–Trinajstić information content (AvgIpc) is 3.18. The molecule has 2 unspecified atom stereocenters. The fourth-order valence-electron chi connectivity index (χ4n) is 3.21. The highest BCUT2D eigenvalue weighted by molar-refractivity contribution is 7.89. The van der Waals surface area contributed by atoms with Crippen molar-refractivity contribution in [1.82, 2.24) is 20.5 Å². The molecule has 1 aliphatic heterocycles. The highest BCUT2D eigenvalue weighted by atomic mass is 32.2. The molecule has 0 fully saturated rings. The van der Waals surface area contributed by atoms with Gasteiger partial charge in [0.15, 0.2) is 0 Å². The van der Waals surface area contributed by atoms with Crippen LogP contribution in [0.2, 0.25) is 0 Å². The van der Waals surface area contributed by atoms with Gasteiger partial charge in [0.05, 0.1) is 11.1 Å². The van der Waals surface area contributed by atoms with Crippen LogP contribution in [0, 0.1) is 5.92 Å². The van der Waals surface area contributed by atoms with Crippen molar-refractivity contribution in [3.8, 4) is 0 Å². The fourth-order valence-corrected chi connectivity index (χ4v) is 4.57. The first kappa shape index (κ1) is 22.6. The Morgan fingerprint density at radius 1 is 1.23 bits per heavy atom. The van der Waals surface area contributed by atoms with E-state index in [9.17, 15) is 22.8 Å². The molecule has 1 aromatic heterocycles. The molecule has 0 saturated heterocycles. The van der Waals surface area contributed by atoms with Crippen molar-refractivity contribution in [2.75, 3.05) is 6.54 Å². The number of hydrogen-bond acceptors (Lipinski definition) is 7. The van der Waals surface area contributed by atoms with Crippen LogP contribution in [-0.4, -0.2) is 49.8 Å². The van der Waals surface area contributed by atoms with Gasteiger partial charge in [-0.05, 0) is 18.1 Å². The molecule has 0 spiro atoms. The molecule has 11 heteroatoms. The number of hydrogen-bond donors (Lipinski definition) is 3. The van der Waals surface area contributed by atoms with Crippen LogP contribution in [0.1, 0.15) is 25.2 Å². The van der Waals surface area contributed by atoms with Crippen molar-refractivity contribution in [2.45, 2.75) is 43.7 Å². The third-order valence-corrected chi connectivity index (χ3v) is 6.39. The van der Waals surface area contributed by atoms with Crippen molar-refractivity contribution in [2.24, 2.45) is 5.92 Å². The minimum Gasteiger partial charge on any atom is -0.361 e. The zero-order valence-electron chi connectivity index (χ0n) is 17.1. The van der Waals surface area contributed by atoms with Crippen LogP contribution in [-0.2, 0) is 37.2 Å². The van der Waals surface area contributed by atoms with Crippen LogP contribution in [0.3, 0.4) is 0 Å². The molecular weight excluding hydrogens is 424 g/mol. The average molecular weight is 449 g/mol. The number of nitrogens with zero attached hydrogens (tertiary/aromatic N) is 1. The number of sulfonamides is 1. The van der Waals surface area contributed by atoms with Crippen molar-refractivity contribution in [3.63, 3.8) is 0 Å². The predicted molar refractivity (Wildman–Crippen MR) is 109 cm³/mol. The molecule has 2 heterocycles. The van der Waals surface area contributed by atoms with Gasteiger partial charge in [-0.2, -0.15) is 4.72 Å². The minimum atomic E-state index is -3.97. The SMILES string of the molecule is CC(C)C(NS(=O)(=O)c1ccccc1)C(=O)NC1Cc2cnoc2CCNC(=O)C1=O. The standard InChI is InChI=1S/C20H24N4O6S/c1-12(2)17(24-31(28,29)14-6-4-3-5-7-14)19(26)23-15-10-13-11-22-30-16(13)8-9-21-20(27)18(15)25/h3-7,11-12,15,17,24H,8-10H2,1-2H3,(H,21,27)(H,23,26). The number of Topliss-reactive ketones (excluding diaryl/α,β-unsaturated/α-hetero) is 1. The van der Waals surface area contributed by atoms with E-state index in [0.29, 0.717) is 17.7 Å². The van der Waals surface area contributed by atoms with Crippen molar-refractivity contribution in [3.05, 3.63) is 47.9 Å². The second-order valence-electron chi connectivity index (χ2n) is 7.57. The summed E-state index contributed by atoms with van der Waals surface area (Å²) >= 11 is 0. The lowest BCUT2D eigenvalue weighted by atomic mass is 10.00. The summed E-state index contributed by atoms with van der Waals surface area (Å²) in [5.41, 5.74) is 0.598. The van der Waals surface area contributed by atoms with Crippen LogP contribution in [0.25, 0.3) is 0 Å².